The van der Waals surface area contributed by atoms with Gasteiger partial charge in [0, 0.05) is 6.20 Å². The first-order chi connectivity index (χ1) is 7.31. The van der Waals surface area contributed by atoms with Gasteiger partial charge in [-0.3, -0.25) is 4.98 Å². The van der Waals surface area contributed by atoms with Crippen molar-refractivity contribution in [1.29, 1.82) is 5.26 Å². The fraction of sp³-hybridized carbons (Fsp3) is 0. The standard InChI is InChI=1S/C10H7N5/c11-5-7-6-14-10(15-9(7)12)8-3-1-2-4-13-8/h1-4,6H,(H2,12,14,15). The summed E-state index contributed by atoms with van der Waals surface area (Å²) in [5, 5.41) is 8.65. The summed E-state index contributed by atoms with van der Waals surface area (Å²) >= 11 is 0. The van der Waals surface area contributed by atoms with Crippen LogP contribution >= 0.6 is 0 Å². The van der Waals surface area contributed by atoms with Crippen LogP contribution in [0.15, 0.2) is 30.6 Å². The van der Waals surface area contributed by atoms with Gasteiger partial charge in [-0.2, -0.15) is 5.26 Å². The largest absolute Gasteiger partial charge is 0.382 e. The summed E-state index contributed by atoms with van der Waals surface area (Å²) in [5.74, 6) is 0.597. The van der Waals surface area contributed by atoms with Gasteiger partial charge in [0.25, 0.3) is 0 Å². The average Bonchev–Trinajstić information content (AvgIpc) is 2.30. The van der Waals surface area contributed by atoms with Crippen LogP contribution in [0.4, 0.5) is 5.82 Å². The number of pyridine rings is 1. The maximum atomic E-state index is 8.65. The number of anilines is 1. The van der Waals surface area contributed by atoms with Crippen molar-refractivity contribution < 1.29 is 0 Å². The minimum Gasteiger partial charge on any atom is -0.382 e. The van der Waals surface area contributed by atoms with Gasteiger partial charge in [0.1, 0.15) is 23.1 Å². The van der Waals surface area contributed by atoms with Crippen LogP contribution < -0.4 is 5.73 Å². The summed E-state index contributed by atoms with van der Waals surface area (Å²) in [6.45, 7) is 0. The first-order valence-corrected chi connectivity index (χ1v) is 4.25. The number of aromatic nitrogens is 3. The van der Waals surface area contributed by atoms with Crippen LogP contribution in [-0.2, 0) is 0 Å². The molecule has 0 atom stereocenters. The highest BCUT2D eigenvalue weighted by atomic mass is 15.0. The highest BCUT2D eigenvalue weighted by Gasteiger charge is 2.05. The second kappa shape index (κ2) is 3.72. The number of nitriles is 1. The Labute approximate surface area is 86.2 Å². The SMILES string of the molecule is N#Cc1cnc(-c2ccccn2)nc1N. The van der Waals surface area contributed by atoms with Crippen molar-refractivity contribution in [1.82, 2.24) is 15.0 Å². The normalized spacial score (nSPS) is 9.53. The van der Waals surface area contributed by atoms with Crippen molar-refractivity contribution in [2.24, 2.45) is 0 Å². The molecule has 0 aliphatic rings. The second-order valence-electron chi connectivity index (χ2n) is 2.82. The third-order valence-corrected chi connectivity index (χ3v) is 1.83. The summed E-state index contributed by atoms with van der Waals surface area (Å²) in [4.78, 5) is 12.1. The van der Waals surface area contributed by atoms with E-state index in [1.165, 1.54) is 6.20 Å². The quantitative estimate of drug-likeness (QED) is 0.736. The lowest BCUT2D eigenvalue weighted by Crippen LogP contribution is -1.99. The Morgan fingerprint density at radius 3 is 2.73 bits per heavy atom. The highest BCUT2D eigenvalue weighted by Crippen LogP contribution is 2.13. The first-order valence-electron chi connectivity index (χ1n) is 4.25. The van der Waals surface area contributed by atoms with E-state index in [2.05, 4.69) is 15.0 Å². The van der Waals surface area contributed by atoms with Crippen molar-refractivity contribution >= 4 is 5.82 Å². The molecule has 5 nitrogen and oxygen atoms in total. The molecule has 2 heterocycles. The summed E-state index contributed by atoms with van der Waals surface area (Å²) in [7, 11) is 0. The Kier molecular flexibility index (Phi) is 2.25. The van der Waals surface area contributed by atoms with E-state index in [1.807, 2.05) is 12.1 Å². The summed E-state index contributed by atoms with van der Waals surface area (Å²) < 4.78 is 0. The van der Waals surface area contributed by atoms with Crippen molar-refractivity contribution in [3.63, 3.8) is 0 Å². The number of nitrogens with zero attached hydrogens (tertiary/aromatic N) is 4. The van der Waals surface area contributed by atoms with Crippen LogP contribution in [0.3, 0.4) is 0 Å². The molecular weight excluding hydrogens is 190 g/mol. The number of hydrogen-bond donors (Lipinski definition) is 1. The fourth-order valence-corrected chi connectivity index (χ4v) is 1.10. The molecule has 0 aliphatic carbocycles. The zero-order valence-corrected chi connectivity index (χ0v) is 7.75. The third kappa shape index (κ3) is 1.74. The molecular formula is C10H7N5. The van der Waals surface area contributed by atoms with E-state index < -0.39 is 0 Å². The maximum absolute atomic E-state index is 8.65. The van der Waals surface area contributed by atoms with Gasteiger partial charge in [-0.1, -0.05) is 6.07 Å². The van der Waals surface area contributed by atoms with Gasteiger partial charge in [-0.25, -0.2) is 9.97 Å². The van der Waals surface area contributed by atoms with Gasteiger partial charge in [0.05, 0.1) is 6.20 Å². The molecule has 2 rings (SSSR count). The Hall–Kier alpha value is -2.48. The van der Waals surface area contributed by atoms with E-state index >= 15 is 0 Å². The lowest BCUT2D eigenvalue weighted by atomic mass is 10.3. The molecule has 0 aromatic carbocycles. The number of nitrogen functional groups attached to an aromatic ring is 1. The third-order valence-electron chi connectivity index (χ3n) is 1.83. The van der Waals surface area contributed by atoms with Crippen molar-refractivity contribution in [2.75, 3.05) is 5.73 Å². The summed E-state index contributed by atoms with van der Waals surface area (Å²) in [6.07, 6.45) is 3.04. The van der Waals surface area contributed by atoms with Crippen LogP contribution in [0, 0.1) is 11.3 Å². The highest BCUT2D eigenvalue weighted by molar-refractivity contribution is 5.55. The van der Waals surface area contributed by atoms with Crippen LogP contribution in [0.5, 0.6) is 0 Å². The molecule has 0 radical (unpaired) electrons. The molecule has 5 heteroatoms. The number of nitrogens with two attached hydrogens (primary N) is 1. The Morgan fingerprint density at radius 2 is 2.13 bits per heavy atom. The molecule has 0 unspecified atom stereocenters. The van der Waals surface area contributed by atoms with Gasteiger partial charge in [-0.15, -0.1) is 0 Å². The number of hydrogen-bond acceptors (Lipinski definition) is 5. The smallest absolute Gasteiger partial charge is 0.180 e. The van der Waals surface area contributed by atoms with E-state index in [0.29, 0.717) is 11.5 Å². The Bertz CT molecular complexity index is 515. The lowest BCUT2D eigenvalue weighted by Gasteiger charge is -2.00. The van der Waals surface area contributed by atoms with Gasteiger partial charge >= 0.3 is 0 Å². The topological polar surface area (TPSA) is 88.5 Å². The molecule has 2 aromatic heterocycles. The molecule has 0 saturated heterocycles. The van der Waals surface area contributed by atoms with Crippen molar-refractivity contribution in [2.45, 2.75) is 0 Å². The molecule has 15 heavy (non-hydrogen) atoms. The summed E-state index contributed by atoms with van der Waals surface area (Å²) in [5.41, 5.74) is 6.47. The molecule has 72 valence electrons. The van der Waals surface area contributed by atoms with E-state index in [1.54, 1.807) is 18.3 Å². The minimum atomic E-state index is 0.174. The van der Waals surface area contributed by atoms with E-state index in [9.17, 15) is 0 Å². The van der Waals surface area contributed by atoms with E-state index in [4.69, 9.17) is 11.0 Å². The molecule has 0 amide bonds. The molecule has 0 fully saturated rings. The molecule has 0 spiro atoms. The molecule has 2 N–H and O–H groups in total. The second-order valence-corrected chi connectivity index (χ2v) is 2.82. The van der Waals surface area contributed by atoms with Crippen molar-refractivity contribution in [3.8, 4) is 17.6 Å². The van der Waals surface area contributed by atoms with Crippen LogP contribution in [0.2, 0.25) is 0 Å². The molecule has 2 aromatic rings. The molecule has 0 saturated carbocycles. The maximum Gasteiger partial charge on any atom is 0.180 e. The number of rotatable bonds is 1. The van der Waals surface area contributed by atoms with Crippen LogP contribution in [-0.4, -0.2) is 15.0 Å². The Balaban J connectivity index is 2.49. The molecule has 0 bridgehead atoms. The van der Waals surface area contributed by atoms with Crippen LogP contribution in [0.1, 0.15) is 5.56 Å². The predicted molar refractivity (Wildman–Crippen MR) is 54.4 cm³/mol. The average molecular weight is 197 g/mol. The summed E-state index contributed by atoms with van der Waals surface area (Å²) in [6, 6.07) is 7.32. The zero-order chi connectivity index (χ0) is 10.7. The zero-order valence-electron chi connectivity index (χ0n) is 7.75. The van der Waals surface area contributed by atoms with Gasteiger partial charge < -0.3 is 5.73 Å². The van der Waals surface area contributed by atoms with E-state index in [0.717, 1.165) is 0 Å². The van der Waals surface area contributed by atoms with Gasteiger partial charge in [0.15, 0.2) is 5.82 Å². The van der Waals surface area contributed by atoms with Crippen molar-refractivity contribution in [3.05, 3.63) is 36.2 Å². The van der Waals surface area contributed by atoms with Gasteiger partial charge in [-0.05, 0) is 12.1 Å². The first kappa shape index (κ1) is 9.09. The monoisotopic (exact) mass is 197 g/mol. The Morgan fingerprint density at radius 1 is 1.27 bits per heavy atom. The predicted octanol–water partition coefficient (Wildman–Crippen LogP) is 0.992. The van der Waals surface area contributed by atoms with Gasteiger partial charge in [0.2, 0.25) is 0 Å². The lowest BCUT2D eigenvalue weighted by molar-refractivity contribution is 1.14. The van der Waals surface area contributed by atoms with Crippen LogP contribution in [0.25, 0.3) is 11.5 Å². The molecule has 0 aliphatic heterocycles. The van der Waals surface area contributed by atoms with E-state index in [-0.39, 0.29) is 11.4 Å². The minimum absolute atomic E-state index is 0.174. The fourth-order valence-electron chi connectivity index (χ4n) is 1.10.